The van der Waals surface area contributed by atoms with E-state index in [1.165, 1.54) is 14.2 Å². The van der Waals surface area contributed by atoms with Gasteiger partial charge in [0.2, 0.25) is 5.91 Å². The first-order valence-electron chi connectivity index (χ1n) is 13.1. The number of thiocarbonyl (C=S) groups is 1. The number of carbonyl (C=O) groups is 2. The van der Waals surface area contributed by atoms with Gasteiger partial charge >= 0.3 is 5.97 Å². The minimum Gasteiger partial charge on any atom is -0.465 e. The second-order valence-corrected chi connectivity index (χ2v) is 10.1. The zero-order valence-corrected chi connectivity index (χ0v) is 24.1. The molecule has 0 radical (unpaired) electrons. The molecule has 2 N–H and O–H groups in total. The molecule has 2 atom stereocenters. The number of hydrogen-bond acceptors (Lipinski definition) is 6. The molecule has 10 heteroatoms. The molecule has 1 aliphatic rings. The Morgan fingerprint density at radius 1 is 1.02 bits per heavy atom. The molecular weight excluding hydrogens is 538 g/mol. The van der Waals surface area contributed by atoms with Crippen LogP contribution in [0.1, 0.15) is 45.1 Å². The van der Waals surface area contributed by atoms with Crippen molar-refractivity contribution in [2.45, 2.75) is 25.9 Å². The highest BCUT2D eigenvalue weighted by molar-refractivity contribution is 7.80. The standard InChI is InChI=1S/C31H31N5O4S/c1-19-17-24(20(2)35(19)26-11-6-5-9-23(26)30(38)40-4)29-28(25-10-7-8-16-32-25)34-31(41)36(29)22-14-12-21(13-15-22)33-27(37)18-39-3/h5-17,28-29H,18H2,1-4H3,(H,33,37)(H,34,41)/t28-,29+/m0/s1. The maximum absolute atomic E-state index is 12.6. The number of nitrogens with one attached hydrogen (secondary N) is 2. The molecule has 5 rings (SSSR count). The van der Waals surface area contributed by atoms with Gasteiger partial charge < -0.3 is 29.6 Å². The molecule has 2 aromatic heterocycles. The Bertz CT molecular complexity index is 1590. The van der Waals surface area contributed by atoms with Gasteiger partial charge in [0.05, 0.1) is 36.1 Å². The number of esters is 1. The first kappa shape index (κ1) is 28.0. The molecule has 9 nitrogen and oxygen atoms in total. The lowest BCUT2D eigenvalue weighted by molar-refractivity contribution is -0.119. The lowest BCUT2D eigenvalue weighted by Crippen LogP contribution is -2.29. The quantitative estimate of drug-likeness (QED) is 0.225. The van der Waals surface area contributed by atoms with Crippen molar-refractivity contribution in [3.63, 3.8) is 0 Å². The Morgan fingerprint density at radius 3 is 2.44 bits per heavy atom. The molecule has 3 heterocycles. The van der Waals surface area contributed by atoms with E-state index in [-0.39, 0.29) is 24.6 Å². The van der Waals surface area contributed by atoms with Gasteiger partial charge in [-0.25, -0.2) is 4.79 Å². The van der Waals surface area contributed by atoms with Gasteiger partial charge in [0.25, 0.3) is 0 Å². The molecule has 1 amide bonds. The van der Waals surface area contributed by atoms with Crippen LogP contribution in [0.4, 0.5) is 11.4 Å². The SMILES string of the molecule is COCC(=O)Nc1ccc(N2C(=S)N[C@@H](c3ccccn3)[C@H]2c2cc(C)n(-c3ccccc3C(=O)OC)c2C)cc1. The van der Waals surface area contributed by atoms with Crippen LogP contribution in [-0.4, -0.2) is 47.4 Å². The summed E-state index contributed by atoms with van der Waals surface area (Å²) in [4.78, 5) is 31.4. The van der Waals surface area contributed by atoms with Gasteiger partial charge in [-0.15, -0.1) is 0 Å². The minimum absolute atomic E-state index is 0.0234. The number of benzene rings is 2. The number of ether oxygens (including phenoxy) is 2. The third-order valence-corrected chi connectivity index (χ3v) is 7.46. The first-order chi connectivity index (χ1) is 19.8. The summed E-state index contributed by atoms with van der Waals surface area (Å²) in [6, 6.07) is 22.4. The van der Waals surface area contributed by atoms with Crippen molar-refractivity contribution in [2.24, 2.45) is 0 Å². The number of nitrogens with zero attached hydrogens (tertiary/aromatic N) is 3. The van der Waals surface area contributed by atoms with Crippen LogP contribution < -0.4 is 15.5 Å². The van der Waals surface area contributed by atoms with E-state index in [0.29, 0.717) is 16.4 Å². The summed E-state index contributed by atoms with van der Waals surface area (Å²) in [5.41, 5.74) is 6.54. The van der Waals surface area contributed by atoms with E-state index in [4.69, 9.17) is 21.7 Å². The highest BCUT2D eigenvalue weighted by atomic mass is 32.1. The fraction of sp³-hybridized carbons (Fsp3) is 0.226. The number of anilines is 2. The van der Waals surface area contributed by atoms with Gasteiger partial charge in [-0.1, -0.05) is 18.2 Å². The lowest BCUT2D eigenvalue weighted by Gasteiger charge is -2.28. The van der Waals surface area contributed by atoms with Gasteiger partial charge in [0, 0.05) is 36.1 Å². The second kappa shape index (κ2) is 11.9. The largest absolute Gasteiger partial charge is 0.465 e. The monoisotopic (exact) mass is 569 g/mol. The van der Waals surface area contributed by atoms with E-state index in [1.807, 2.05) is 74.5 Å². The fourth-order valence-electron chi connectivity index (χ4n) is 5.39. The second-order valence-electron chi connectivity index (χ2n) is 9.70. The number of hydrogen-bond donors (Lipinski definition) is 2. The van der Waals surface area contributed by atoms with E-state index >= 15 is 0 Å². The van der Waals surface area contributed by atoms with Gasteiger partial charge in [-0.2, -0.15) is 0 Å². The van der Waals surface area contributed by atoms with Crippen molar-refractivity contribution >= 4 is 40.6 Å². The number of para-hydroxylation sites is 1. The summed E-state index contributed by atoms with van der Waals surface area (Å²) in [5, 5.41) is 6.87. The minimum atomic E-state index is -0.399. The molecule has 1 fully saturated rings. The van der Waals surface area contributed by atoms with E-state index in [2.05, 4.69) is 31.2 Å². The predicted molar refractivity (Wildman–Crippen MR) is 161 cm³/mol. The van der Waals surface area contributed by atoms with Crippen LogP contribution in [0.5, 0.6) is 0 Å². The van der Waals surface area contributed by atoms with Gasteiger partial charge in [-0.3, -0.25) is 9.78 Å². The van der Waals surface area contributed by atoms with Crippen LogP contribution >= 0.6 is 12.2 Å². The first-order valence-corrected chi connectivity index (χ1v) is 13.5. The van der Waals surface area contributed by atoms with E-state index in [1.54, 1.807) is 12.3 Å². The van der Waals surface area contributed by atoms with Crippen molar-refractivity contribution in [1.29, 1.82) is 0 Å². The molecule has 210 valence electrons. The molecule has 0 spiro atoms. The van der Waals surface area contributed by atoms with E-state index < -0.39 is 5.97 Å². The average molecular weight is 570 g/mol. The number of aryl methyl sites for hydroxylation is 1. The van der Waals surface area contributed by atoms with Crippen LogP contribution in [0.15, 0.2) is 79.0 Å². The molecule has 4 aromatic rings. The Kier molecular flexibility index (Phi) is 8.14. The van der Waals surface area contributed by atoms with Crippen LogP contribution in [0.2, 0.25) is 0 Å². The summed E-state index contributed by atoms with van der Waals surface area (Å²) in [6.45, 7) is 4.03. The zero-order valence-electron chi connectivity index (χ0n) is 23.3. The van der Waals surface area contributed by atoms with Crippen molar-refractivity contribution < 1.29 is 19.1 Å². The topological polar surface area (TPSA) is 97.7 Å². The molecule has 2 aromatic carbocycles. The average Bonchev–Trinajstić information content (AvgIpc) is 3.48. The molecule has 1 saturated heterocycles. The number of rotatable bonds is 8. The fourth-order valence-corrected chi connectivity index (χ4v) is 5.74. The van der Waals surface area contributed by atoms with Gasteiger partial charge in [0.1, 0.15) is 6.61 Å². The molecule has 0 unspecified atom stereocenters. The van der Waals surface area contributed by atoms with E-state index in [9.17, 15) is 9.59 Å². The molecule has 0 aliphatic carbocycles. The molecule has 1 aliphatic heterocycles. The zero-order chi connectivity index (χ0) is 29.1. The van der Waals surface area contributed by atoms with Crippen molar-refractivity contribution in [2.75, 3.05) is 31.0 Å². The third kappa shape index (κ3) is 5.44. The van der Waals surface area contributed by atoms with Crippen LogP contribution in [0, 0.1) is 13.8 Å². The molecule has 41 heavy (non-hydrogen) atoms. The van der Waals surface area contributed by atoms with Gasteiger partial charge in [-0.05, 0) is 86.2 Å². The summed E-state index contributed by atoms with van der Waals surface area (Å²) >= 11 is 5.89. The predicted octanol–water partition coefficient (Wildman–Crippen LogP) is 5.04. The lowest BCUT2D eigenvalue weighted by atomic mass is 9.96. The molecule has 0 saturated carbocycles. The Labute approximate surface area is 244 Å². The molecule has 0 bridgehead atoms. The maximum Gasteiger partial charge on any atom is 0.339 e. The number of carbonyl (C=O) groups excluding carboxylic acids is 2. The summed E-state index contributed by atoms with van der Waals surface area (Å²) in [6.07, 6.45) is 1.77. The Balaban J connectivity index is 1.61. The summed E-state index contributed by atoms with van der Waals surface area (Å²) in [5.74, 6) is -0.629. The normalized spacial score (nSPS) is 16.4. The number of pyridine rings is 1. The highest BCUT2D eigenvalue weighted by Crippen LogP contribution is 2.44. The van der Waals surface area contributed by atoms with Crippen molar-refractivity contribution in [3.8, 4) is 5.69 Å². The van der Waals surface area contributed by atoms with Crippen molar-refractivity contribution in [1.82, 2.24) is 14.9 Å². The molecular formula is C31H31N5O4S. The van der Waals surface area contributed by atoms with Crippen LogP contribution in [0.3, 0.4) is 0 Å². The van der Waals surface area contributed by atoms with E-state index in [0.717, 1.165) is 34.0 Å². The third-order valence-electron chi connectivity index (χ3n) is 7.14. The van der Waals surface area contributed by atoms with Crippen LogP contribution in [0.25, 0.3) is 5.69 Å². The van der Waals surface area contributed by atoms with Crippen molar-refractivity contribution in [3.05, 3.63) is 107 Å². The highest BCUT2D eigenvalue weighted by Gasteiger charge is 2.42. The number of aromatic nitrogens is 2. The van der Waals surface area contributed by atoms with Crippen LogP contribution in [-0.2, 0) is 14.3 Å². The Hall–Kier alpha value is -4.54. The Morgan fingerprint density at radius 2 is 1.76 bits per heavy atom. The number of methoxy groups -OCH3 is 2. The summed E-state index contributed by atoms with van der Waals surface area (Å²) < 4.78 is 12.1. The maximum atomic E-state index is 12.6. The number of amides is 1. The smallest absolute Gasteiger partial charge is 0.339 e. The summed E-state index contributed by atoms with van der Waals surface area (Å²) in [7, 11) is 2.86. The van der Waals surface area contributed by atoms with Gasteiger partial charge in [0.15, 0.2) is 5.11 Å².